The second-order valence-electron chi connectivity index (χ2n) is 6.19. The number of aryl methyl sites for hydroxylation is 1. The van der Waals surface area contributed by atoms with Crippen molar-refractivity contribution in [2.75, 3.05) is 12.4 Å². The molecule has 0 spiro atoms. The van der Waals surface area contributed by atoms with Crippen LogP contribution in [0.2, 0.25) is 0 Å². The maximum absolute atomic E-state index is 13.8. The highest BCUT2D eigenvalue weighted by molar-refractivity contribution is 7.89. The Morgan fingerprint density at radius 3 is 2.59 bits per heavy atom. The Bertz CT molecular complexity index is 1180. The number of carbonyl (C=O) groups is 1. The molecule has 0 atom stereocenters. The molecule has 29 heavy (non-hydrogen) atoms. The van der Waals surface area contributed by atoms with Gasteiger partial charge in [0.1, 0.15) is 17.3 Å². The Morgan fingerprint density at radius 2 is 1.86 bits per heavy atom. The van der Waals surface area contributed by atoms with Crippen LogP contribution in [0.4, 0.5) is 10.1 Å². The zero-order chi connectivity index (χ0) is 21.0. The maximum atomic E-state index is 13.8. The zero-order valence-electron chi connectivity index (χ0n) is 15.8. The van der Waals surface area contributed by atoms with Crippen molar-refractivity contribution in [1.82, 2.24) is 4.72 Å². The quantitative estimate of drug-likeness (QED) is 0.598. The van der Waals surface area contributed by atoms with Gasteiger partial charge in [-0.05, 0) is 62.0 Å². The summed E-state index contributed by atoms with van der Waals surface area (Å²) in [5.74, 6) is -0.142. The lowest BCUT2D eigenvalue weighted by Gasteiger charge is -2.09. The van der Waals surface area contributed by atoms with Gasteiger partial charge in [-0.25, -0.2) is 17.5 Å². The minimum atomic E-state index is -3.63. The number of rotatable bonds is 6. The van der Waals surface area contributed by atoms with Gasteiger partial charge in [0.15, 0.2) is 0 Å². The SMILES string of the molecule is CNS(=O)(=O)c1cc(NC(=O)/C=C/c2ccc(-c3ccccc3F)o2)ccc1C. The summed E-state index contributed by atoms with van der Waals surface area (Å²) in [7, 11) is -2.31. The summed E-state index contributed by atoms with van der Waals surface area (Å²) < 4.78 is 45.7. The van der Waals surface area contributed by atoms with E-state index in [1.54, 1.807) is 49.4 Å². The first-order valence-electron chi connectivity index (χ1n) is 8.68. The van der Waals surface area contributed by atoms with Crippen LogP contribution in [0.3, 0.4) is 0 Å². The van der Waals surface area contributed by atoms with Gasteiger partial charge in [0.2, 0.25) is 15.9 Å². The van der Waals surface area contributed by atoms with E-state index in [1.165, 1.54) is 31.3 Å². The van der Waals surface area contributed by atoms with Crippen LogP contribution in [0.25, 0.3) is 17.4 Å². The van der Waals surface area contributed by atoms with Gasteiger partial charge in [-0.15, -0.1) is 0 Å². The lowest BCUT2D eigenvalue weighted by molar-refractivity contribution is -0.111. The van der Waals surface area contributed by atoms with Crippen molar-refractivity contribution in [3.8, 4) is 11.3 Å². The highest BCUT2D eigenvalue weighted by Crippen LogP contribution is 2.25. The number of anilines is 1. The molecule has 0 radical (unpaired) electrons. The molecule has 150 valence electrons. The Morgan fingerprint density at radius 1 is 1.10 bits per heavy atom. The van der Waals surface area contributed by atoms with Gasteiger partial charge in [-0.2, -0.15) is 0 Å². The molecule has 0 saturated heterocycles. The molecule has 3 rings (SSSR count). The molecular weight excluding hydrogens is 395 g/mol. The van der Waals surface area contributed by atoms with Crippen molar-refractivity contribution in [2.24, 2.45) is 0 Å². The van der Waals surface area contributed by atoms with Crippen LogP contribution in [0, 0.1) is 12.7 Å². The third-order valence-corrected chi connectivity index (χ3v) is 5.74. The van der Waals surface area contributed by atoms with E-state index >= 15 is 0 Å². The maximum Gasteiger partial charge on any atom is 0.248 e. The fourth-order valence-corrected chi connectivity index (χ4v) is 3.66. The van der Waals surface area contributed by atoms with E-state index in [2.05, 4.69) is 10.0 Å². The summed E-state index contributed by atoms with van der Waals surface area (Å²) in [5.41, 5.74) is 1.23. The van der Waals surface area contributed by atoms with Gasteiger partial charge in [0, 0.05) is 11.8 Å². The summed E-state index contributed by atoms with van der Waals surface area (Å²) in [5, 5.41) is 2.60. The van der Waals surface area contributed by atoms with Gasteiger partial charge in [-0.1, -0.05) is 18.2 Å². The van der Waals surface area contributed by atoms with E-state index < -0.39 is 21.7 Å². The third-order valence-electron chi connectivity index (χ3n) is 4.18. The molecule has 6 nitrogen and oxygen atoms in total. The average Bonchev–Trinajstić information content (AvgIpc) is 3.17. The van der Waals surface area contributed by atoms with Crippen molar-refractivity contribution in [2.45, 2.75) is 11.8 Å². The van der Waals surface area contributed by atoms with Crippen LogP contribution in [-0.2, 0) is 14.8 Å². The summed E-state index contributed by atoms with van der Waals surface area (Å²) in [6.45, 7) is 1.67. The van der Waals surface area contributed by atoms with Crippen molar-refractivity contribution in [3.05, 3.63) is 77.8 Å². The molecule has 0 aliphatic carbocycles. The molecule has 0 bridgehead atoms. The number of nitrogens with one attached hydrogen (secondary N) is 2. The Balaban J connectivity index is 1.73. The van der Waals surface area contributed by atoms with Crippen LogP contribution in [0.15, 0.2) is 70.0 Å². The molecule has 0 unspecified atom stereocenters. The Kier molecular flexibility index (Phi) is 5.95. The molecule has 2 N–H and O–H groups in total. The Labute approximate surface area is 168 Å². The summed E-state index contributed by atoms with van der Waals surface area (Å²) >= 11 is 0. The first kappa shape index (κ1) is 20.5. The standard InChI is InChI=1S/C21H19FN2O4S/c1-14-7-8-15(13-20(14)29(26,27)23-2)24-21(25)12-10-16-9-11-19(28-16)17-5-3-4-6-18(17)22/h3-13,23H,1-2H3,(H,24,25)/b12-10+. The van der Waals surface area contributed by atoms with E-state index in [4.69, 9.17) is 4.42 Å². The number of hydrogen-bond acceptors (Lipinski definition) is 4. The first-order valence-corrected chi connectivity index (χ1v) is 10.2. The van der Waals surface area contributed by atoms with Crippen molar-refractivity contribution in [1.29, 1.82) is 0 Å². The number of sulfonamides is 1. The second-order valence-corrected chi connectivity index (χ2v) is 8.05. The van der Waals surface area contributed by atoms with E-state index in [1.807, 2.05) is 0 Å². The molecule has 0 aliphatic heterocycles. The van der Waals surface area contributed by atoms with Crippen molar-refractivity contribution >= 4 is 27.7 Å². The molecule has 3 aromatic rings. The predicted octanol–water partition coefficient (Wildman–Crippen LogP) is 3.95. The predicted molar refractivity (Wildman–Crippen MR) is 109 cm³/mol. The number of hydrogen-bond donors (Lipinski definition) is 2. The number of amides is 1. The molecule has 0 aliphatic rings. The molecular formula is C21H19FN2O4S. The van der Waals surface area contributed by atoms with Gasteiger partial charge in [-0.3, -0.25) is 4.79 Å². The van der Waals surface area contributed by atoms with Crippen LogP contribution < -0.4 is 10.0 Å². The molecule has 1 heterocycles. The first-order chi connectivity index (χ1) is 13.8. The van der Waals surface area contributed by atoms with E-state index in [0.717, 1.165) is 0 Å². The van der Waals surface area contributed by atoms with Crippen molar-refractivity contribution in [3.63, 3.8) is 0 Å². The highest BCUT2D eigenvalue weighted by atomic mass is 32.2. The zero-order valence-corrected chi connectivity index (χ0v) is 16.6. The topological polar surface area (TPSA) is 88.4 Å². The minimum absolute atomic E-state index is 0.0855. The van der Waals surface area contributed by atoms with Crippen molar-refractivity contribution < 1.29 is 22.0 Å². The van der Waals surface area contributed by atoms with Gasteiger partial charge in [0.25, 0.3) is 0 Å². The van der Waals surface area contributed by atoms with Crippen LogP contribution >= 0.6 is 0 Å². The smallest absolute Gasteiger partial charge is 0.248 e. The number of furan rings is 1. The normalized spacial score (nSPS) is 11.7. The lowest BCUT2D eigenvalue weighted by Crippen LogP contribution is -2.20. The largest absolute Gasteiger partial charge is 0.457 e. The van der Waals surface area contributed by atoms with Gasteiger partial charge in [0.05, 0.1) is 10.5 Å². The lowest BCUT2D eigenvalue weighted by atomic mass is 10.1. The van der Waals surface area contributed by atoms with E-state index in [0.29, 0.717) is 28.3 Å². The molecule has 1 aromatic heterocycles. The minimum Gasteiger partial charge on any atom is -0.457 e. The average molecular weight is 414 g/mol. The number of halogens is 1. The monoisotopic (exact) mass is 414 g/mol. The number of benzene rings is 2. The van der Waals surface area contributed by atoms with E-state index in [9.17, 15) is 17.6 Å². The van der Waals surface area contributed by atoms with Gasteiger partial charge >= 0.3 is 0 Å². The molecule has 1 amide bonds. The van der Waals surface area contributed by atoms with Crippen LogP contribution in [0.5, 0.6) is 0 Å². The van der Waals surface area contributed by atoms with E-state index in [-0.39, 0.29) is 4.90 Å². The highest BCUT2D eigenvalue weighted by Gasteiger charge is 2.15. The van der Waals surface area contributed by atoms with Crippen LogP contribution in [0.1, 0.15) is 11.3 Å². The Hall–Kier alpha value is -3.23. The molecule has 8 heteroatoms. The molecule has 2 aromatic carbocycles. The fraction of sp³-hybridized carbons (Fsp3) is 0.0952. The number of carbonyl (C=O) groups excluding carboxylic acids is 1. The van der Waals surface area contributed by atoms with Crippen LogP contribution in [-0.4, -0.2) is 21.4 Å². The summed E-state index contributed by atoms with van der Waals surface area (Å²) in [6.07, 6.45) is 2.69. The third kappa shape index (κ3) is 4.79. The summed E-state index contributed by atoms with van der Waals surface area (Å²) in [6, 6.07) is 14.1. The second kappa shape index (κ2) is 8.42. The fourth-order valence-electron chi connectivity index (χ4n) is 2.67. The van der Waals surface area contributed by atoms with Gasteiger partial charge < -0.3 is 9.73 Å². The molecule has 0 saturated carbocycles. The summed E-state index contributed by atoms with van der Waals surface area (Å²) in [4.78, 5) is 12.3. The molecule has 0 fully saturated rings.